The minimum Gasteiger partial charge on any atom is -0.375 e. The smallest absolute Gasteiger partial charge is 0.264 e. The topological polar surface area (TPSA) is 57.6 Å². The summed E-state index contributed by atoms with van der Waals surface area (Å²) in [6.07, 6.45) is -0.373. The Balaban J connectivity index is 1.71. The largest absolute Gasteiger partial charge is 0.375 e. The number of ketones is 1. The first-order valence-corrected chi connectivity index (χ1v) is 11.6. The summed E-state index contributed by atoms with van der Waals surface area (Å²) in [5.74, 6) is -0.905. The van der Waals surface area contributed by atoms with Gasteiger partial charge in [-0.05, 0) is 48.0 Å². The van der Waals surface area contributed by atoms with Crippen molar-refractivity contribution in [1.29, 1.82) is 0 Å². The van der Waals surface area contributed by atoms with Crippen LogP contribution in [0.1, 0.15) is 27.9 Å². The minimum absolute atomic E-state index is 0.137. The molecule has 3 aromatic rings. The van der Waals surface area contributed by atoms with Gasteiger partial charge >= 0.3 is 0 Å². The Morgan fingerprint density at radius 3 is 2.32 bits per heavy atom. The molecular formula is C23H15Br2Cl2NO3. The highest BCUT2D eigenvalue weighted by molar-refractivity contribution is 9.10. The van der Waals surface area contributed by atoms with E-state index in [0.717, 1.165) is 4.47 Å². The zero-order valence-corrected chi connectivity index (χ0v) is 20.6. The van der Waals surface area contributed by atoms with Crippen molar-refractivity contribution in [3.05, 3.63) is 96.3 Å². The number of aliphatic hydroxyl groups is 1. The van der Waals surface area contributed by atoms with Crippen LogP contribution in [0, 0.1) is 0 Å². The van der Waals surface area contributed by atoms with Crippen molar-refractivity contribution in [2.75, 3.05) is 4.90 Å². The molecule has 0 bridgehead atoms. The van der Waals surface area contributed by atoms with E-state index in [-0.39, 0.29) is 18.7 Å². The zero-order valence-electron chi connectivity index (χ0n) is 15.9. The summed E-state index contributed by atoms with van der Waals surface area (Å²) in [6.45, 7) is 0.137. The number of nitrogens with zero attached hydrogens (tertiary/aromatic N) is 1. The summed E-state index contributed by atoms with van der Waals surface area (Å²) in [5.41, 5.74) is 0.0204. The summed E-state index contributed by atoms with van der Waals surface area (Å²) in [5, 5.41) is 12.4. The van der Waals surface area contributed by atoms with Gasteiger partial charge in [0.1, 0.15) is 0 Å². The quantitative estimate of drug-likeness (QED) is 0.348. The molecule has 0 radical (unpaired) electrons. The van der Waals surface area contributed by atoms with E-state index in [0.29, 0.717) is 36.9 Å². The third kappa shape index (κ3) is 4.32. The Morgan fingerprint density at radius 1 is 0.968 bits per heavy atom. The van der Waals surface area contributed by atoms with Gasteiger partial charge in [0, 0.05) is 30.1 Å². The molecular weight excluding hydrogens is 569 g/mol. The summed E-state index contributed by atoms with van der Waals surface area (Å²) >= 11 is 19.0. The van der Waals surface area contributed by atoms with Gasteiger partial charge in [0.2, 0.25) is 0 Å². The van der Waals surface area contributed by atoms with Crippen LogP contribution in [0.3, 0.4) is 0 Å². The van der Waals surface area contributed by atoms with Crippen LogP contribution in [-0.4, -0.2) is 16.8 Å². The van der Waals surface area contributed by atoms with Gasteiger partial charge in [0.15, 0.2) is 11.4 Å². The maximum absolute atomic E-state index is 13.4. The molecule has 31 heavy (non-hydrogen) atoms. The van der Waals surface area contributed by atoms with Crippen LogP contribution in [0.2, 0.25) is 10.0 Å². The fourth-order valence-electron chi connectivity index (χ4n) is 3.64. The summed E-state index contributed by atoms with van der Waals surface area (Å²) < 4.78 is 1.53. The summed E-state index contributed by atoms with van der Waals surface area (Å²) in [7, 11) is 0. The maximum Gasteiger partial charge on any atom is 0.264 e. The number of fused-ring (bicyclic) bond motifs is 1. The van der Waals surface area contributed by atoms with Gasteiger partial charge in [-0.3, -0.25) is 9.59 Å². The number of hydrogen-bond donors (Lipinski definition) is 1. The lowest BCUT2D eigenvalue weighted by Crippen LogP contribution is -2.41. The van der Waals surface area contributed by atoms with Gasteiger partial charge in [0.25, 0.3) is 5.91 Å². The van der Waals surface area contributed by atoms with Gasteiger partial charge in [-0.15, -0.1) is 0 Å². The normalized spacial score (nSPS) is 17.7. The second-order valence-corrected chi connectivity index (χ2v) is 9.93. The van der Waals surface area contributed by atoms with Crippen molar-refractivity contribution < 1.29 is 14.7 Å². The number of amides is 1. The molecule has 4 rings (SSSR count). The number of carbonyl (C=O) groups is 2. The molecule has 0 aromatic heterocycles. The lowest BCUT2D eigenvalue weighted by molar-refractivity contribution is -0.136. The van der Waals surface area contributed by atoms with Crippen LogP contribution in [0.4, 0.5) is 5.69 Å². The van der Waals surface area contributed by atoms with Crippen LogP contribution in [0.15, 0.2) is 69.6 Å². The van der Waals surface area contributed by atoms with Gasteiger partial charge in [-0.2, -0.15) is 0 Å². The number of benzene rings is 3. The van der Waals surface area contributed by atoms with Crippen molar-refractivity contribution in [3.63, 3.8) is 0 Å². The lowest BCUT2D eigenvalue weighted by Gasteiger charge is -2.23. The number of halogens is 4. The fourth-order valence-corrected chi connectivity index (χ4v) is 4.73. The Morgan fingerprint density at radius 2 is 1.65 bits per heavy atom. The monoisotopic (exact) mass is 581 g/mol. The van der Waals surface area contributed by atoms with E-state index in [2.05, 4.69) is 31.9 Å². The molecule has 0 fully saturated rings. The third-order valence-corrected chi connectivity index (χ3v) is 6.83. The SMILES string of the molecule is O=C(CC1(O)C(=O)N(Cc2ccc(Cl)cc2Cl)c2ccc(Br)cc21)c1ccc(Br)cc1. The first kappa shape index (κ1) is 22.5. The molecule has 158 valence electrons. The van der Waals surface area contributed by atoms with Crippen LogP contribution >= 0.6 is 55.1 Å². The second kappa shape index (κ2) is 8.68. The number of Topliss-reactive ketones (excluding diaryl/α,β-unsaturated/α-hetero) is 1. The number of rotatable bonds is 5. The Kier molecular flexibility index (Phi) is 6.30. The lowest BCUT2D eigenvalue weighted by atomic mass is 9.88. The molecule has 1 amide bonds. The Bertz CT molecular complexity index is 1200. The van der Waals surface area contributed by atoms with Crippen molar-refractivity contribution in [2.24, 2.45) is 0 Å². The van der Waals surface area contributed by atoms with Crippen molar-refractivity contribution in [1.82, 2.24) is 0 Å². The molecule has 3 aromatic carbocycles. The molecule has 8 heteroatoms. The zero-order chi connectivity index (χ0) is 22.3. The average Bonchev–Trinajstić information content (AvgIpc) is 2.92. The second-order valence-electron chi connectivity index (χ2n) is 7.26. The van der Waals surface area contributed by atoms with E-state index in [1.807, 2.05) is 0 Å². The van der Waals surface area contributed by atoms with E-state index >= 15 is 0 Å². The van der Waals surface area contributed by atoms with E-state index in [4.69, 9.17) is 23.2 Å². The summed E-state index contributed by atoms with van der Waals surface area (Å²) in [6, 6.07) is 17.0. The Labute approximate surface area is 206 Å². The van der Waals surface area contributed by atoms with Crippen molar-refractivity contribution >= 4 is 72.4 Å². The van der Waals surface area contributed by atoms with Crippen LogP contribution in [0.5, 0.6) is 0 Å². The van der Waals surface area contributed by atoms with Gasteiger partial charge in [-0.25, -0.2) is 0 Å². The molecule has 0 saturated heterocycles. The standard InChI is InChI=1S/C23H15Br2Cl2NO3/c24-15-4-1-13(2-5-15)21(29)11-23(31)18-9-16(25)6-8-20(18)28(22(23)30)12-14-3-7-17(26)10-19(14)27/h1-10,31H,11-12H2. The van der Waals surface area contributed by atoms with Crippen molar-refractivity contribution in [3.8, 4) is 0 Å². The van der Waals surface area contributed by atoms with E-state index < -0.39 is 11.5 Å². The molecule has 1 unspecified atom stereocenters. The van der Waals surface area contributed by atoms with Gasteiger partial charge in [0.05, 0.1) is 18.7 Å². The maximum atomic E-state index is 13.4. The molecule has 1 aliphatic rings. The summed E-state index contributed by atoms with van der Waals surface area (Å²) in [4.78, 5) is 27.8. The van der Waals surface area contributed by atoms with Crippen molar-refractivity contribution in [2.45, 2.75) is 18.6 Å². The highest BCUT2D eigenvalue weighted by Gasteiger charge is 2.51. The van der Waals surface area contributed by atoms with E-state index in [1.54, 1.807) is 60.7 Å². The molecule has 1 aliphatic heterocycles. The molecule has 4 nitrogen and oxygen atoms in total. The number of carbonyl (C=O) groups excluding carboxylic acids is 2. The molecule has 1 atom stereocenters. The average molecular weight is 584 g/mol. The molecule has 1 N–H and O–H groups in total. The molecule has 0 aliphatic carbocycles. The predicted octanol–water partition coefficient (Wildman–Crippen LogP) is 6.53. The van der Waals surface area contributed by atoms with Crippen LogP contribution in [0.25, 0.3) is 0 Å². The molecule has 0 saturated carbocycles. The highest BCUT2D eigenvalue weighted by Crippen LogP contribution is 2.45. The minimum atomic E-state index is -1.98. The Hall–Kier alpha value is -1.70. The van der Waals surface area contributed by atoms with Gasteiger partial charge in [-0.1, -0.05) is 73.3 Å². The highest BCUT2D eigenvalue weighted by atomic mass is 79.9. The van der Waals surface area contributed by atoms with E-state index in [1.165, 1.54) is 4.90 Å². The van der Waals surface area contributed by atoms with Crippen LogP contribution in [-0.2, 0) is 16.9 Å². The first-order chi connectivity index (χ1) is 14.7. The van der Waals surface area contributed by atoms with Gasteiger partial charge < -0.3 is 10.0 Å². The number of anilines is 1. The predicted molar refractivity (Wildman–Crippen MR) is 129 cm³/mol. The number of hydrogen-bond acceptors (Lipinski definition) is 3. The van der Waals surface area contributed by atoms with Crippen LogP contribution < -0.4 is 4.90 Å². The van der Waals surface area contributed by atoms with E-state index in [9.17, 15) is 14.7 Å². The fraction of sp³-hybridized carbons (Fsp3) is 0.130. The third-order valence-electron chi connectivity index (χ3n) is 5.22. The first-order valence-electron chi connectivity index (χ1n) is 9.26. The molecule has 0 spiro atoms. The molecule has 1 heterocycles.